The molecule has 4 aromatic rings. The molecular formula is C21H12Cl2FN3O2S. The number of benzene rings is 3. The Morgan fingerprint density at radius 2 is 1.80 bits per heavy atom. The Hall–Kier alpha value is -3.00. The fourth-order valence-corrected chi connectivity index (χ4v) is 3.36. The van der Waals surface area contributed by atoms with E-state index in [1.165, 1.54) is 6.07 Å². The number of amides is 1. The van der Waals surface area contributed by atoms with Gasteiger partial charge in [0.2, 0.25) is 5.89 Å². The van der Waals surface area contributed by atoms with E-state index >= 15 is 0 Å². The molecule has 0 spiro atoms. The first-order chi connectivity index (χ1) is 14.4. The largest absolute Gasteiger partial charge is 0.436 e. The summed E-state index contributed by atoms with van der Waals surface area (Å²) >= 11 is 17.0. The van der Waals surface area contributed by atoms with Crippen molar-refractivity contribution < 1.29 is 13.6 Å². The molecule has 0 aliphatic rings. The second kappa shape index (κ2) is 8.39. The van der Waals surface area contributed by atoms with Gasteiger partial charge in [-0.3, -0.25) is 10.1 Å². The summed E-state index contributed by atoms with van der Waals surface area (Å²) in [6, 6.07) is 15.9. The molecule has 1 aromatic heterocycles. The van der Waals surface area contributed by atoms with Gasteiger partial charge in [-0.2, -0.15) is 0 Å². The number of nitrogens with zero attached hydrogens (tertiary/aromatic N) is 1. The molecule has 5 nitrogen and oxygen atoms in total. The Labute approximate surface area is 185 Å². The van der Waals surface area contributed by atoms with Crippen LogP contribution in [0.3, 0.4) is 0 Å². The van der Waals surface area contributed by atoms with Crippen LogP contribution in [-0.2, 0) is 0 Å². The second-order valence-corrected chi connectivity index (χ2v) is 7.49. The normalized spacial score (nSPS) is 10.8. The predicted molar refractivity (Wildman–Crippen MR) is 120 cm³/mol. The van der Waals surface area contributed by atoms with Crippen molar-refractivity contribution in [2.24, 2.45) is 0 Å². The van der Waals surface area contributed by atoms with Crippen molar-refractivity contribution in [3.63, 3.8) is 0 Å². The topological polar surface area (TPSA) is 67.2 Å². The van der Waals surface area contributed by atoms with Crippen LogP contribution >= 0.6 is 35.4 Å². The number of aromatic nitrogens is 1. The third-order valence-electron chi connectivity index (χ3n) is 4.14. The van der Waals surface area contributed by atoms with Crippen molar-refractivity contribution in [1.82, 2.24) is 10.3 Å². The minimum Gasteiger partial charge on any atom is -0.436 e. The van der Waals surface area contributed by atoms with Crippen LogP contribution in [0.5, 0.6) is 0 Å². The van der Waals surface area contributed by atoms with E-state index in [0.717, 1.165) is 17.7 Å². The summed E-state index contributed by atoms with van der Waals surface area (Å²) in [4.78, 5) is 16.7. The van der Waals surface area contributed by atoms with Gasteiger partial charge in [-0.05, 0) is 72.9 Å². The maximum absolute atomic E-state index is 13.1. The number of anilines is 1. The molecule has 2 N–H and O–H groups in total. The van der Waals surface area contributed by atoms with E-state index in [4.69, 9.17) is 39.8 Å². The van der Waals surface area contributed by atoms with Gasteiger partial charge in [0.1, 0.15) is 11.3 Å². The highest BCUT2D eigenvalue weighted by Crippen LogP contribution is 2.27. The lowest BCUT2D eigenvalue weighted by atomic mass is 10.2. The van der Waals surface area contributed by atoms with Gasteiger partial charge in [0, 0.05) is 16.3 Å². The number of halogens is 3. The van der Waals surface area contributed by atoms with E-state index in [1.807, 2.05) is 0 Å². The molecule has 0 saturated heterocycles. The van der Waals surface area contributed by atoms with Crippen LogP contribution in [-0.4, -0.2) is 16.0 Å². The van der Waals surface area contributed by atoms with Crippen molar-refractivity contribution in [2.45, 2.75) is 0 Å². The smallest absolute Gasteiger partial charge is 0.258 e. The lowest BCUT2D eigenvalue weighted by Crippen LogP contribution is -2.34. The standard InChI is InChI=1S/C21H12Cl2FN3O2S/c22-12-3-8-18-17(9-12)26-20(29-18)11-1-5-14(6-2-11)25-21(30)27-19(28)15-7-4-13(24)10-16(15)23/h1-10H,(H2,25,27,28,30). The number of oxazole rings is 1. The zero-order valence-electron chi connectivity index (χ0n) is 15.1. The fourth-order valence-electron chi connectivity index (χ4n) is 2.73. The molecular weight excluding hydrogens is 448 g/mol. The molecule has 0 aliphatic heterocycles. The quantitative estimate of drug-likeness (QED) is 0.364. The van der Waals surface area contributed by atoms with Crippen molar-refractivity contribution in [1.29, 1.82) is 0 Å². The third-order valence-corrected chi connectivity index (χ3v) is 4.89. The highest BCUT2D eigenvalue weighted by Gasteiger charge is 2.13. The van der Waals surface area contributed by atoms with Crippen molar-refractivity contribution >= 4 is 63.2 Å². The molecule has 0 fully saturated rings. The zero-order valence-corrected chi connectivity index (χ0v) is 17.4. The van der Waals surface area contributed by atoms with Crippen LogP contribution in [0.1, 0.15) is 10.4 Å². The lowest BCUT2D eigenvalue weighted by Gasteiger charge is -2.10. The molecule has 1 heterocycles. The van der Waals surface area contributed by atoms with Gasteiger partial charge in [0.25, 0.3) is 5.91 Å². The minimum atomic E-state index is -0.542. The number of hydrogen-bond donors (Lipinski definition) is 2. The average Bonchev–Trinajstić information content (AvgIpc) is 3.11. The third kappa shape index (κ3) is 4.43. The molecule has 30 heavy (non-hydrogen) atoms. The van der Waals surface area contributed by atoms with Crippen LogP contribution in [0, 0.1) is 5.82 Å². The Morgan fingerprint density at radius 3 is 2.53 bits per heavy atom. The van der Waals surface area contributed by atoms with Gasteiger partial charge in [0.05, 0.1) is 10.6 Å². The summed E-state index contributed by atoms with van der Waals surface area (Å²) in [7, 11) is 0. The molecule has 0 radical (unpaired) electrons. The summed E-state index contributed by atoms with van der Waals surface area (Å²) in [5.74, 6) is -0.612. The minimum absolute atomic E-state index is 0.000671. The Kier molecular flexibility index (Phi) is 5.67. The molecule has 0 atom stereocenters. The maximum atomic E-state index is 13.1. The average molecular weight is 460 g/mol. The number of fused-ring (bicyclic) bond motifs is 1. The van der Waals surface area contributed by atoms with Gasteiger partial charge < -0.3 is 9.73 Å². The molecule has 0 unspecified atom stereocenters. The Morgan fingerprint density at radius 1 is 1.03 bits per heavy atom. The predicted octanol–water partition coefficient (Wildman–Crippen LogP) is 6.07. The van der Waals surface area contributed by atoms with E-state index in [0.29, 0.717) is 27.7 Å². The van der Waals surface area contributed by atoms with Gasteiger partial charge in [-0.15, -0.1) is 0 Å². The van der Waals surface area contributed by atoms with Gasteiger partial charge >= 0.3 is 0 Å². The van der Waals surface area contributed by atoms with E-state index in [1.54, 1.807) is 42.5 Å². The van der Waals surface area contributed by atoms with Gasteiger partial charge in [0.15, 0.2) is 10.7 Å². The zero-order chi connectivity index (χ0) is 21.3. The van der Waals surface area contributed by atoms with Crippen LogP contribution in [0.2, 0.25) is 10.0 Å². The Balaban J connectivity index is 1.43. The first-order valence-electron chi connectivity index (χ1n) is 8.63. The van der Waals surface area contributed by atoms with Crippen LogP contribution in [0.15, 0.2) is 65.1 Å². The molecule has 3 aromatic carbocycles. The SMILES string of the molecule is O=C(NC(=S)Nc1ccc(-c2nc3cc(Cl)ccc3o2)cc1)c1ccc(F)cc1Cl. The number of carbonyl (C=O) groups is 1. The van der Waals surface area contributed by atoms with Crippen LogP contribution in [0.25, 0.3) is 22.6 Å². The summed E-state index contributed by atoms with van der Waals surface area (Å²) < 4.78 is 18.9. The molecule has 9 heteroatoms. The summed E-state index contributed by atoms with van der Waals surface area (Å²) in [5.41, 5.74) is 2.84. The number of nitrogens with one attached hydrogen (secondary N) is 2. The second-order valence-electron chi connectivity index (χ2n) is 6.24. The fraction of sp³-hybridized carbons (Fsp3) is 0. The first-order valence-corrected chi connectivity index (χ1v) is 9.79. The van der Waals surface area contributed by atoms with Crippen molar-refractivity contribution in [3.05, 3.63) is 82.1 Å². The number of thiocarbonyl (C=S) groups is 1. The number of hydrogen-bond acceptors (Lipinski definition) is 4. The molecule has 0 bridgehead atoms. The van der Waals surface area contributed by atoms with Crippen LogP contribution < -0.4 is 10.6 Å². The van der Waals surface area contributed by atoms with E-state index < -0.39 is 11.7 Å². The summed E-state index contributed by atoms with van der Waals surface area (Å²) in [6.07, 6.45) is 0. The molecule has 0 aliphatic carbocycles. The maximum Gasteiger partial charge on any atom is 0.258 e. The van der Waals surface area contributed by atoms with Crippen molar-refractivity contribution in [3.8, 4) is 11.5 Å². The van der Waals surface area contributed by atoms with E-state index in [9.17, 15) is 9.18 Å². The molecule has 0 saturated carbocycles. The highest BCUT2D eigenvalue weighted by molar-refractivity contribution is 7.80. The molecule has 4 rings (SSSR count). The lowest BCUT2D eigenvalue weighted by molar-refractivity contribution is 0.0978. The van der Waals surface area contributed by atoms with Crippen molar-refractivity contribution in [2.75, 3.05) is 5.32 Å². The number of rotatable bonds is 3. The van der Waals surface area contributed by atoms with Gasteiger partial charge in [-0.25, -0.2) is 9.37 Å². The molecule has 1 amide bonds. The Bertz CT molecular complexity index is 1280. The highest BCUT2D eigenvalue weighted by atomic mass is 35.5. The van der Waals surface area contributed by atoms with E-state index in [-0.39, 0.29) is 15.7 Å². The number of carbonyl (C=O) groups excluding carboxylic acids is 1. The van der Waals surface area contributed by atoms with Crippen LogP contribution in [0.4, 0.5) is 10.1 Å². The van der Waals surface area contributed by atoms with Gasteiger partial charge in [-0.1, -0.05) is 23.2 Å². The van der Waals surface area contributed by atoms with E-state index in [2.05, 4.69) is 15.6 Å². The first kappa shape index (κ1) is 20.3. The summed E-state index contributed by atoms with van der Waals surface area (Å²) in [5, 5.41) is 6.06. The molecule has 150 valence electrons. The summed E-state index contributed by atoms with van der Waals surface area (Å²) in [6.45, 7) is 0. The monoisotopic (exact) mass is 459 g/mol.